The molecule has 0 saturated carbocycles. The van der Waals surface area contributed by atoms with Gasteiger partial charge in [-0.15, -0.1) is 0 Å². The summed E-state index contributed by atoms with van der Waals surface area (Å²) in [5, 5.41) is 5.37. The van der Waals surface area contributed by atoms with Crippen LogP contribution < -0.4 is 10.6 Å². The average molecular weight is 305 g/mol. The van der Waals surface area contributed by atoms with Crippen molar-refractivity contribution in [1.29, 1.82) is 0 Å². The molecule has 8 heteroatoms. The number of carbonyl (C=O) groups excluding carboxylic acids is 1. The summed E-state index contributed by atoms with van der Waals surface area (Å²) in [6.45, 7) is 3.44. The lowest BCUT2D eigenvalue weighted by Gasteiger charge is -2.25. The van der Waals surface area contributed by atoms with E-state index in [9.17, 15) is 13.2 Å². The molecule has 7 nitrogen and oxygen atoms in total. The van der Waals surface area contributed by atoms with E-state index in [2.05, 4.69) is 10.6 Å². The van der Waals surface area contributed by atoms with Crippen LogP contribution in [0.15, 0.2) is 0 Å². The van der Waals surface area contributed by atoms with E-state index in [0.717, 1.165) is 38.9 Å². The Kier molecular flexibility index (Phi) is 5.36. The van der Waals surface area contributed by atoms with Crippen molar-refractivity contribution in [3.8, 4) is 0 Å². The maximum Gasteiger partial charge on any atom is 0.269 e. The van der Waals surface area contributed by atoms with Crippen LogP contribution in [0.2, 0.25) is 0 Å². The van der Waals surface area contributed by atoms with Crippen molar-refractivity contribution in [2.24, 2.45) is 0 Å². The Balaban J connectivity index is 1.92. The standard InChI is InChI=1S/C12H23N3O4S/c16-12(11-8-10(9-14-11)20(17,18)19)15-6-2-1-4-13-5-3-7-15/h10-11,13-14H,1-9H2,(H,17,18,19)/t10-,11+/m1/s1. The Hall–Kier alpha value is -0.700. The van der Waals surface area contributed by atoms with Gasteiger partial charge in [-0.1, -0.05) is 0 Å². The Labute approximate surface area is 119 Å². The highest BCUT2D eigenvalue weighted by atomic mass is 32.2. The van der Waals surface area contributed by atoms with Gasteiger partial charge in [0.2, 0.25) is 5.91 Å². The topological polar surface area (TPSA) is 98.7 Å². The van der Waals surface area contributed by atoms with Crippen molar-refractivity contribution >= 4 is 16.0 Å². The minimum absolute atomic E-state index is 0.0435. The molecule has 2 saturated heterocycles. The molecule has 0 radical (unpaired) electrons. The number of rotatable bonds is 2. The first kappa shape index (κ1) is 15.7. The van der Waals surface area contributed by atoms with Crippen LogP contribution >= 0.6 is 0 Å². The molecule has 0 unspecified atom stereocenters. The SMILES string of the molecule is O=C([C@@H]1C[C@@H](S(=O)(=O)O)CN1)N1CCCCNCCC1. The second-order valence-electron chi connectivity index (χ2n) is 5.47. The van der Waals surface area contributed by atoms with E-state index in [0.29, 0.717) is 6.54 Å². The van der Waals surface area contributed by atoms with Crippen LogP contribution in [0.3, 0.4) is 0 Å². The third kappa shape index (κ3) is 4.15. The van der Waals surface area contributed by atoms with Crippen molar-refractivity contribution in [2.45, 2.75) is 37.0 Å². The zero-order chi connectivity index (χ0) is 14.6. The third-order valence-corrected chi connectivity index (χ3v) is 5.14. The Bertz CT molecular complexity index is 430. The van der Waals surface area contributed by atoms with Gasteiger partial charge in [0.15, 0.2) is 0 Å². The van der Waals surface area contributed by atoms with Crippen molar-refractivity contribution in [3.05, 3.63) is 0 Å². The van der Waals surface area contributed by atoms with Crippen molar-refractivity contribution in [1.82, 2.24) is 15.5 Å². The third-order valence-electron chi connectivity index (χ3n) is 3.93. The highest BCUT2D eigenvalue weighted by Crippen LogP contribution is 2.16. The van der Waals surface area contributed by atoms with Gasteiger partial charge in [0.1, 0.15) is 5.25 Å². The minimum atomic E-state index is -4.06. The first-order valence-corrected chi connectivity index (χ1v) is 8.68. The molecule has 0 aromatic carbocycles. The second kappa shape index (κ2) is 6.84. The summed E-state index contributed by atoms with van der Waals surface area (Å²) < 4.78 is 31.3. The molecule has 3 N–H and O–H groups in total. The number of hydrogen-bond acceptors (Lipinski definition) is 5. The molecule has 0 aliphatic carbocycles. The molecule has 0 aromatic rings. The molecule has 1 amide bonds. The Morgan fingerprint density at radius 2 is 1.85 bits per heavy atom. The fourth-order valence-electron chi connectivity index (χ4n) is 2.74. The van der Waals surface area contributed by atoms with Gasteiger partial charge in [0, 0.05) is 19.6 Å². The van der Waals surface area contributed by atoms with E-state index in [1.807, 2.05) is 4.90 Å². The molecular formula is C12H23N3O4S. The first-order chi connectivity index (χ1) is 9.48. The molecule has 2 aliphatic rings. The molecule has 2 atom stereocenters. The number of amides is 1. The molecule has 20 heavy (non-hydrogen) atoms. The van der Waals surface area contributed by atoms with Gasteiger partial charge in [0.05, 0.1) is 6.04 Å². The quantitative estimate of drug-likeness (QED) is 0.578. The maximum atomic E-state index is 12.4. The minimum Gasteiger partial charge on any atom is -0.341 e. The Morgan fingerprint density at radius 3 is 2.55 bits per heavy atom. The number of carbonyl (C=O) groups is 1. The average Bonchev–Trinajstić information content (AvgIpc) is 2.91. The van der Waals surface area contributed by atoms with Crippen LogP contribution in [0, 0.1) is 0 Å². The van der Waals surface area contributed by atoms with E-state index < -0.39 is 21.4 Å². The monoisotopic (exact) mass is 305 g/mol. The Morgan fingerprint density at radius 1 is 1.15 bits per heavy atom. The molecule has 0 spiro atoms. The van der Waals surface area contributed by atoms with Crippen LogP contribution in [-0.4, -0.2) is 67.8 Å². The molecule has 2 fully saturated rings. The molecule has 116 valence electrons. The lowest BCUT2D eigenvalue weighted by atomic mass is 10.2. The number of nitrogens with one attached hydrogen (secondary N) is 2. The summed E-state index contributed by atoms with van der Waals surface area (Å²) in [6, 6.07) is -0.490. The zero-order valence-corrected chi connectivity index (χ0v) is 12.4. The molecule has 0 bridgehead atoms. The van der Waals surface area contributed by atoms with E-state index in [4.69, 9.17) is 4.55 Å². The smallest absolute Gasteiger partial charge is 0.269 e. The summed E-state index contributed by atoms with van der Waals surface area (Å²) in [4.78, 5) is 14.2. The molecule has 2 heterocycles. The van der Waals surface area contributed by atoms with Crippen LogP contribution in [0.4, 0.5) is 0 Å². The summed E-state index contributed by atoms with van der Waals surface area (Å²) in [6.07, 6.45) is 3.05. The fraction of sp³-hybridized carbons (Fsp3) is 0.917. The molecule has 2 rings (SSSR count). The molecule has 0 aromatic heterocycles. The van der Waals surface area contributed by atoms with Gasteiger partial charge in [-0.3, -0.25) is 9.35 Å². The second-order valence-corrected chi connectivity index (χ2v) is 7.17. The summed E-state index contributed by atoms with van der Waals surface area (Å²) in [5.74, 6) is -0.0435. The fourth-order valence-corrected chi connectivity index (χ4v) is 3.49. The molecule has 2 aliphatic heterocycles. The van der Waals surface area contributed by atoms with Gasteiger partial charge in [0.25, 0.3) is 10.1 Å². The highest BCUT2D eigenvalue weighted by molar-refractivity contribution is 7.86. The van der Waals surface area contributed by atoms with Gasteiger partial charge in [-0.05, 0) is 38.8 Å². The number of hydrogen-bond donors (Lipinski definition) is 3. The lowest BCUT2D eigenvalue weighted by Crippen LogP contribution is -2.44. The zero-order valence-electron chi connectivity index (χ0n) is 11.5. The number of nitrogens with zero attached hydrogens (tertiary/aromatic N) is 1. The van der Waals surface area contributed by atoms with Crippen LogP contribution in [0.25, 0.3) is 0 Å². The van der Waals surface area contributed by atoms with Gasteiger partial charge in [-0.2, -0.15) is 8.42 Å². The first-order valence-electron chi connectivity index (χ1n) is 7.17. The lowest BCUT2D eigenvalue weighted by molar-refractivity contribution is -0.133. The van der Waals surface area contributed by atoms with Crippen molar-refractivity contribution in [2.75, 3.05) is 32.7 Å². The van der Waals surface area contributed by atoms with Gasteiger partial charge in [-0.25, -0.2) is 0 Å². The van der Waals surface area contributed by atoms with Gasteiger partial charge >= 0.3 is 0 Å². The van der Waals surface area contributed by atoms with Crippen LogP contribution in [-0.2, 0) is 14.9 Å². The van der Waals surface area contributed by atoms with Crippen molar-refractivity contribution in [3.63, 3.8) is 0 Å². The van der Waals surface area contributed by atoms with E-state index >= 15 is 0 Å². The van der Waals surface area contributed by atoms with Crippen molar-refractivity contribution < 1.29 is 17.8 Å². The van der Waals surface area contributed by atoms with Crippen LogP contribution in [0.1, 0.15) is 25.7 Å². The van der Waals surface area contributed by atoms with E-state index in [-0.39, 0.29) is 18.9 Å². The summed E-state index contributed by atoms with van der Waals surface area (Å²) >= 11 is 0. The predicted molar refractivity (Wildman–Crippen MR) is 75.0 cm³/mol. The predicted octanol–water partition coefficient (Wildman–Crippen LogP) is -0.793. The molecular weight excluding hydrogens is 282 g/mol. The van der Waals surface area contributed by atoms with E-state index in [1.54, 1.807) is 0 Å². The highest BCUT2D eigenvalue weighted by Gasteiger charge is 2.37. The maximum absolute atomic E-state index is 12.4. The van der Waals surface area contributed by atoms with Crippen LogP contribution in [0.5, 0.6) is 0 Å². The summed E-state index contributed by atoms with van der Waals surface area (Å²) in [5.41, 5.74) is 0. The summed E-state index contributed by atoms with van der Waals surface area (Å²) in [7, 11) is -4.06. The largest absolute Gasteiger partial charge is 0.341 e. The van der Waals surface area contributed by atoms with Gasteiger partial charge < -0.3 is 15.5 Å². The van der Waals surface area contributed by atoms with E-state index in [1.165, 1.54) is 0 Å². The normalized spacial score (nSPS) is 29.6.